The molecule has 16 heteroatoms. The van der Waals surface area contributed by atoms with Crippen molar-refractivity contribution in [2.24, 2.45) is 10.7 Å². The molecule has 3 heterocycles. The normalized spacial score (nSPS) is 18.2. The first-order valence-electron chi connectivity index (χ1n) is 12.3. The second-order valence-electron chi connectivity index (χ2n) is 9.24. The summed E-state index contributed by atoms with van der Waals surface area (Å²) in [5, 5.41) is 0.387. The number of nitrogens with two attached hydrogens (primary N) is 2. The van der Waals surface area contributed by atoms with Gasteiger partial charge in [0.15, 0.2) is 0 Å². The minimum Gasteiger partial charge on any atom is -0.467 e. The van der Waals surface area contributed by atoms with E-state index >= 15 is 0 Å². The van der Waals surface area contributed by atoms with Gasteiger partial charge in [0.1, 0.15) is 11.5 Å². The predicted molar refractivity (Wildman–Crippen MR) is 147 cm³/mol. The average Bonchev–Trinajstić information content (AvgIpc) is 3.19. The molecule has 2 aliphatic rings. The van der Waals surface area contributed by atoms with Crippen LogP contribution in [-0.4, -0.2) is 67.6 Å². The molecule has 0 spiro atoms. The number of rotatable bonds is 6. The lowest BCUT2D eigenvalue weighted by atomic mass is 9.94. The van der Waals surface area contributed by atoms with Gasteiger partial charge in [-0.3, -0.25) is 14.6 Å². The molecule has 1 aromatic heterocycles. The number of anilines is 2. The van der Waals surface area contributed by atoms with E-state index in [1.54, 1.807) is 0 Å². The highest BCUT2D eigenvalue weighted by atomic mass is 35.5. The van der Waals surface area contributed by atoms with Crippen LogP contribution in [0.25, 0.3) is 0 Å². The van der Waals surface area contributed by atoms with E-state index in [-0.39, 0.29) is 47.6 Å². The number of methoxy groups -OCH3 is 1. The van der Waals surface area contributed by atoms with E-state index in [9.17, 15) is 18.0 Å². The minimum atomic E-state index is -4.73. The van der Waals surface area contributed by atoms with Crippen LogP contribution in [0.3, 0.4) is 0 Å². The van der Waals surface area contributed by atoms with Crippen molar-refractivity contribution in [3.05, 3.63) is 50.3 Å². The summed E-state index contributed by atoms with van der Waals surface area (Å²) in [7, 11) is 4.09. The fraction of sp³-hybridized carbons (Fsp3) is 0.440. The number of aromatic nitrogens is 2. The fourth-order valence-corrected chi connectivity index (χ4v) is 5.14. The molecule has 2 aliphatic heterocycles. The smallest absolute Gasteiger partial charge is 0.418 e. The maximum Gasteiger partial charge on any atom is 0.418 e. The molecule has 0 fully saturated rings. The predicted octanol–water partition coefficient (Wildman–Crippen LogP) is 3.63. The number of alkyl halides is 3. The Morgan fingerprint density at radius 1 is 1.27 bits per heavy atom. The van der Waals surface area contributed by atoms with Crippen molar-refractivity contribution >= 4 is 46.3 Å². The van der Waals surface area contributed by atoms with Gasteiger partial charge in [-0.15, -0.1) is 0 Å². The van der Waals surface area contributed by atoms with Crippen molar-refractivity contribution in [3.63, 3.8) is 0 Å². The van der Waals surface area contributed by atoms with Crippen LogP contribution in [0.4, 0.5) is 24.7 Å². The molecule has 2 aromatic rings. The van der Waals surface area contributed by atoms with E-state index in [1.165, 1.54) is 27.3 Å². The van der Waals surface area contributed by atoms with Crippen molar-refractivity contribution in [3.8, 4) is 6.01 Å². The molecule has 4 N–H and O–H groups in total. The quantitative estimate of drug-likeness (QED) is 0.282. The maximum absolute atomic E-state index is 13.9. The number of nitrogen functional groups attached to an aromatic ring is 1. The highest BCUT2D eigenvalue weighted by Gasteiger charge is 2.40. The van der Waals surface area contributed by atoms with Gasteiger partial charge in [-0.05, 0) is 24.1 Å². The van der Waals surface area contributed by atoms with Crippen LogP contribution < -0.4 is 21.1 Å². The summed E-state index contributed by atoms with van der Waals surface area (Å²) in [4.78, 5) is 32.7. The van der Waals surface area contributed by atoms with E-state index in [1.807, 2.05) is 4.90 Å². The molecule has 0 aliphatic carbocycles. The van der Waals surface area contributed by atoms with Crippen LogP contribution in [0.5, 0.6) is 6.01 Å². The number of ether oxygens (including phenoxy) is 2. The number of hydrogen-bond acceptors (Lipinski definition) is 10. The van der Waals surface area contributed by atoms with Crippen LogP contribution >= 0.6 is 23.2 Å². The summed E-state index contributed by atoms with van der Waals surface area (Å²) in [6.07, 6.45) is -5.17. The molecule has 1 amide bonds. The van der Waals surface area contributed by atoms with Crippen LogP contribution in [0.15, 0.2) is 27.9 Å². The summed E-state index contributed by atoms with van der Waals surface area (Å²) in [6, 6.07) is 2.28. The van der Waals surface area contributed by atoms with Crippen molar-refractivity contribution < 1.29 is 32.3 Å². The van der Waals surface area contributed by atoms with Crippen molar-refractivity contribution in [1.29, 1.82) is 0 Å². The summed E-state index contributed by atoms with van der Waals surface area (Å²) < 4.78 is 53.1. The van der Waals surface area contributed by atoms with Gasteiger partial charge in [0.05, 0.1) is 60.5 Å². The Morgan fingerprint density at radius 2 is 2.00 bits per heavy atom. The second kappa shape index (κ2) is 12.3. The Labute approximate surface area is 243 Å². The number of likely N-dealkylation sites (N-methyl/N-ethyl adjacent to an activating group) is 1. The Balaban J connectivity index is 1.71. The van der Waals surface area contributed by atoms with Crippen LogP contribution in [-0.2, 0) is 33.6 Å². The lowest BCUT2D eigenvalue weighted by molar-refractivity contribution is -0.164. The van der Waals surface area contributed by atoms with Gasteiger partial charge < -0.3 is 25.8 Å². The maximum atomic E-state index is 13.9. The highest BCUT2D eigenvalue weighted by Crippen LogP contribution is 2.44. The van der Waals surface area contributed by atoms with E-state index in [4.69, 9.17) is 49.0 Å². The van der Waals surface area contributed by atoms with E-state index in [2.05, 4.69) is 15.0 Å². The Morgan fingerprint density at radius 3 is 2.66 bits per heavy atom. The van der Waals surface area contributed by atoms with E-state index in [0.717, 1.165) is 11.1 Å². The molecule has 0 saturated carbocycles. The summed E-state index contributed by atoms with van der Waals surface area (Å²) in [5.74, 6) is -0.207. The van der Waals surface area contributed by atoms with Gasteiger partial charge in [0.2, 0.25) is 0 Å². The van der Waals surface area contributed by atoms with E-state index in [0.29, 0.717) is 42.3 Å². The Bertz CT molecular complexity index is 1400. The first kappa shape index (κ1) is 30.6. The SMILES string of the molecule is COc1nc2c(c(N3CCCN=C(/C(Cl)=C(\N)C(=O)N(C)OC)C3)n1)COC(c1cc(N)cc(Cl)c1C(F)(F)F)C2. The topological polar surface area (TPSA) is 141 Å². The van der Waals surface area contributed by atoms with Gasteiger partial charge in [0.25, 0.3) is 5.91 Å². The van der Waals surface area contributed by atoms with Gasteiger partial charge in [-0.25, -0.2) is 5.06 Å². The summed E-state index contributed by atoms with van der Waals surface area (Å²) in [6.45, 7) is 0.919. The van der Waals surface area contributed by atoms with Gasteiger partial charge in [-0.2, -0.15) is 23.1 Å². The average molecular weight is 618 g/mol. The summed E-state index contributed by atoms with van der Waals surface area (Å²) >= 11 is 12.5. The van der Waals surface area contributed by atoms with Gasteiger partial charge in [-0.1, -0.05) is 23.2 Å². The number of fused-ring (bicyclic) bond motifs is 1. The molecule has 222 valence electrons. The molecule has 1 aromatic carbocycles. The Kier molecular flexibility index (Phi) is 9.16. The second-order valence-corrected chi connectivity index (χ2v) is 10.0. The highest BCUT2D eigenvalue weighted by molar-refractivity contribution is 6.45. The molecule has 0 radical (unpaired) electrons. The molecule has 11 nitrogen and oxygen atoms in total. The monoisotopic (exact) mass is 617 g/mol. The molecule has 41 heavy (non-hydrogen) atoms. The lowest BCUT2D eigenvalue weighted by Gasteiger charge is -2.31. The zero-order chi connectivity index (χ0) is 30.1. The third kappa shape index (κ3) is 6.45. The number of carbonyl (C=O) groups excluding carboxylic acids is 1. The molecule has 0 bridgehead atoms. The first-order valence-corrected chi connectivity index (χ1v) is 13.1. The number of carbonyl (C=O) groups is 1. The Hall–Kier alpha value is -3.33. The third-order valence-electron chi connectivity index (χ3n) is 6.62. The van der Waals surface area contributed by atoms with Crippen LogP contribution in [0.1, 0.15) is 34.9 Å². The van der Waals surface area contributed by atoms with Gasteiger partial charge >= 0.3 is 12.2 Å². The third-order valence-corrected chi connectivity index (χ3v) is 7.34. The zero-order valence-corrected chi connectivity index (χ0v) is 23.9. The standard InChI is InChI=1S/C25H28Cl2F3N7O4/c1-36(40-3)23(38)21(32)20(27)17-10-37(6-4-5-33-17)22-14-11-41-18(9-16(14)34-24(35-22)39-2)13-7-12(31)8-15(26)19(13)25(28,29)30/h7-8,18H,4-6,9-11,31-32H2,1-3H3/b21-20+. The molecule has 4 rings (SSSR count). The molecular formula is C25H28Cl2F3N7O4. The summed E-state index contributed by atoms with van der Waals surface area (Å²) in [5.41, 5.74) is 11.8. The number of amides is 1. The molecule has 1 atom stereocenters. The fourth-order valence-electron chi connectivity index (χ4n) is 4.59. The number of aliphatic imine (C=N–C) groups is 1. The molecular weight excluding hydrogens is 590 g/mol. The van der Waals surface area contributed by atoms with Crippen molar-refractivity contribution in [2.45, 2.75) is 31.7 Å². The van der Waals surface area contributed by atoms with Crippen LogP contribution in [0, 0.1) is 0 Å². The lowest BCUT2D eigenvalue weighted by Crippen LogP contribution is -2.35. The first-order chi connectivity index (χ1) is 19.3. The largest absolute Gasteiger partial charge is 0.467 e. The minimum absolute atomic E-state index is 0.0156. The van der Waals surface area contributed by atoms with Crippen molar-refractivity contribution in [2.75, 3.05) is 51.5 Å². The van der Waals surface area contributed by atoms with Crippen molar-refractivity contribution in [1.82, 2.24) is 15.0 Å². The van der Waals surface area contributed by atoms with Crippen LogP contribution in [0.2, 0.25) is 5.02 Å². The number of hydroxylamine groups is 2. The number of hydrogen-bond donors (Lipinski definition) is 2. The number of benzene rings is 1. The number of nitrogens with zero attached hydrogens (tertiary/aromatic N) is 5. The van der Waals surface area contributed by atoms with Gasteiger partial charge in [0, 0.05) is 37.8 Å². The molecule has 1 unspecified atom stereocenters. The zero-order valence-electron chi connectivity index (χ0n) is 22.4. The van der Waals surface area contributed by atoms with E-state index < -0.39 is 28.8 Å². The number of halogens is 5. The molecule has 0 saturated heterocycles.